The predicted molar refractivity (Wildman–Crippen MR) is 62.8 cm³/mol. The molecule has 2 aliphatic heterocycles. The second kappa shape index (κ2) is 5.73. The molecule has 0 radical (unpaired) electrons. The second-order valence-corrected chi connectivity index (χ2v) is 5.50. The van der Waals surface area contributed by atoms with Gasteiger partial charge in [0.05, 0.1) is 0 Å². The molecular weight excluding hydrogens is 278 g/mol. The molecule has 19 heavy (non-hydrogen) atoms. The largest absolute Gasteiger partial charge is 0.432 e. The van der Waals surface area contributed by atoms with Gasteiger partial charge in [0.2, 0.25) is 11.4 Å². The van der Waals surface area contributed by atoms with E-state index in [1.54, 1.807) is 0 Å². The van der Waals surface area contributed by atoms with Crippen molar-refractivity contribution < 1.29 is 34.4 Å². The molecule has 0 aromatic rings. The fourth-order valence-electron chi connectivity index (χ4n) is 1.83. The van der Waals surface area contributed by atoms with Crippen LogP contribution in [0.25, 0.3) is 0 Å². The molecule has 0 aromatic carbocycles. The molecule has 2 bridgehead atoms. The minimum Gasteiger partial charge on any atom is -0.432 e. The van der Waals surface area contributed by atoms with Gasteiger partial charge in [-0.05, 0) is 6.42 Å². The molecule has 8 nitrogen and oxygen atoms in total. The molecule has 1 unspecified atom stereocenters. The number of hydrogen-bond donors (Lipinski definition) is 4. The number of aliphatic hydroxyl groups is 3. The summed E-state index contributed by atoms with van der Waals surface area (Å²) in [7, 11) is 0. The number of nitrogens with two attached hydrogens (primary N) is 1. The molecule has 0 saturated carbocycles. The zero-order valence-corrected chi connectivity index (χ0v) is 10.7. The van der Waals surface area contributed by atoms with Gasteiger partial charge >= 0.3 is 5.97 Å². The van der Waals surface area contributed by atoms with Crippen LogP contribution in [-0.4, -0.2) is 68.9 Å². The molecule has 108 valence electrons. The standard InChI is InChI=1S/C10H15NO7S/c11-3-1-2-19-9(16)7-5(13)4(12)6(14)10(17-7)18-8(3)15/h3-7,10,12-14H,1-2,11H2/t3-,4-,5-,6+,7-,10?/m0/s1. The van der Waals surface area contributed by atoms with Crippen molar-refractivity contribution in [3.05, 3.63) is 0 Å². The van der Waals surface area contributed by atoms with Crippen molar-refractivity contribution in [1.82, 2.24) is 0 Å². The summed E-state index contributed by atoms with van der Waals surface area (Å²) in [6, 6.07) is -0.934. The minimum atomic E-state index is -1.64. The van der Waals surface area contributed by atoms with Crippen LogP contribution < -0.4 is 5.73 Å². The molecule has 2 heterocycles. The van der Waals surface area contributed by atoms with E-state index in [2.05, 4.69) is 0 Å². The molecule has 0 aliphatic carbocycles. The highest BCUT2D eigenvalue weighted by molar-refractivity contribution is 8.13. The molecule has 2 aliphatic rings. The molecular formula is C10H15NO7S. The van der Waals surface area contributed by atoms with Crippen LogP contribution >= 0.6 is 11.8 Å². The normalized spacial score (nSPS) is 44.6. The Morgan fingerprint density at radius 2 is 1.84 bits per heavy atom. The highest BCUT2D eigenvalue weighted by Gasteiger charge is 2.49. The first kappa shape index (κ1) is 14.7. The van der Waals surface area contributed by atoms with Crippen molar-refractivity contribution in [3.63, 3.8) is 0 Å². The SMILES string of the molecule is N[C@H]1CCSC(=O)[C@H]2OC(OC1=O)[C@H](O)[C@@H](O)[C@@H]2O. The zero-order valence-electron chi connectivity index (χ0n) is 9.84. The van der Waals surface area contributed by atoms with Crippen molar-refractivity contribution in [2.45, 2.75) is 43.2 Å². The fraction of sp³-hybridized carbons (Fsp3) is 0.800. The van der Waals surface area contributed by atoms with Crippen molar-refractivity contribution in [2.75, 3.05) is 5.75 Å². The summed E-state index contributed by atoms with van der Waals surface area (Å²) in [6.07, 6.45) is -7.50. The van der Waals surface area contributed by atoms with Crippen molar-refractivity contribution in [3.8, 4) is 0 Å². The van der Waals surface area contributed by atoms with Crippen LogP contribution in [0.1, 0.15) is 6.42 Å². The van der Waals surface area contributed by atoms with E-state index in [4.69, 9.17) is 15.2 Å². The Balaban J connectivity index is 2.23. The lowest BCUT2D eigenvalue weighted by Crippen LogP contribution is -2.61. The summed E-state index contributed by atoms with van der Waals surface area (Å²) in [6.45, 7) is 0. The average Bonchev–Trinajstić information content (AvgIpc) is 2.38. The average molecular weight is 293 g/mol. The van der Waals surface area contributed by atoms with Gasteiger partial charge in [-0.1, -0.05) is 11.8 Å². The van der Waals surface area contributed by atoms with E-state index in [9.17, 15) is 24.9 Å². The number of esters is 1. The van der Waals surface area contributed by atoms with E-state index in [1.165, 1.54) is 0 Å². The maximum absolute atomic E-state index is 11.8. The summed E-state index contributed by atoms with van der Waals surface area (Å²) in [5.74, 6) is -0.522. The van der Waals surface area contributed by atoms with Gasteiger partial charge in [0.1, 0.15) is 24.4 Å². The van der Waals surface area contributed by atoms with Crippen molar-refractivity contribution in [2.24, 2.45) is 5.73 Å². The molecule has 0 aromatic heterocycles. The lowest BCUT2D eigenvalue weighted by molar-refractivity contribution is -0.281. The molecule has 2 fully saturated rings. The topological polar surface area (TPSA) is 139 Å². The van der Waals surface area contributed by atoms with E-state index in [0.717, 1.165) is 11.8 Å². The maximum atomic E-state index is 11.8. The third-order valence-electron chi connectivity index (χ3n) is 3.01. The van der Waals surface area contributed by atoms with Gasteiger partial charge in [0.15, 0.2) is 6.10 Å². The number of carbonyl (C=O) groups excluding carboxylic acids is 2. The number of hydrogen-bond acceptors (Lipinski definition) is 9. The van der Waals surface area contributed by atoms with Gasteiger partial charge < -0.3 is 30.5 Å². The van der Waals surface area contributed by atoms with Crippen LogP contribution in [0.4, 0.5) is 0 Å². The van der Waals surface area contributed by atoms with Gasteiger partial charge in [-0.15, -0.1) is 0 Å². The molecule has 9 heteroatoms. The van der Waals surface area contributed by atoms with Crippen LogP contribution in [0.15, 0.2) is 0 Å². The number of ether oxygens (including phenoxy) is 2. The number of thioether (sulfide) groups is 1. The van der Waals surface area contributed by atoms with E-state index in [0.29, 0.717) is 0 Å². The number of fused-ring (bicyclic) bond motifs is 2. The minimum absolute atomic E-state index is 0.226. The van der Waals surface area contributed by atoms with Gasteiger partial charge in [-0.2, -0.15) is 0 Å². The van der Waals surface area contributed by atoms with Crippen LogP contribution in [0, 0.1) is 0 Å². The predicted octanol–water partition coefficient (Wildman–Crippen LogP) is -2.67. The molecule has 2 rings (SSSR count). The highest BCUT2D eigenvalue weighted by Crippen LogP contribution is 2.27. The first-order chi connectivity index (χ1) is 8.91. The van der Waals surface area contributed by atoms with Crippen LogP contribution in [0.3, 0.4) is 0 Å². The maximum Gasteiger partial charge on any atom is 0.325 e. The van der Waals surface area contributed by atoms with Gasteiger partial charge in [0, 0.05) is 5.75 Å². The summed E-state index contributed by atoms with van der Waals surface area (Å²) in [5.41, 5.74) is 5.54. The Morgan fingerprint density at radius 1 is 1.16 bits per heavy atom. The first-order valence-corrected chi connectivity index (χ1v) is 6.72. The van der Waals surface area contributed by atoms with Crippen LogP contribution in [0.5, 0.6) is 0 Å². The summed E-state index contributed by atoms with van der Waals surface area (Å²) in [5, 5.41) is 28.5. The molecule has 0 amide bonds. The number of carbonyl (C=O) groups is 2. The third kappa shape index (κ3) is 2.91. The Morgan fingerprint density at radius 3 is 2.53 bits per heavy atom. The summed E-state index contributed by atoms with van der Waals surface area (Å²) >= 11 is 0.852. The smallest absolute Gasteiger partial charge is 0.325 e. The fourth-order valence-corrected chi connectivity index (χ4v) is 2.76. The van der Waals surface area contributed by atoms with Crippen LogP contribution in [-0.2, 0) is 19.1 Å². The third-order valence-corrected chi connectivity index (χ3v) is 3.97. The van der Waals surface area contributed by atoms with Gasteiger partial charge in [-0.3, -0.25) is 9.59 Å². The molecule has 2 saturated heterocycles. The van der Waals surface area contributed by atoms with Crippen molar-refractivity contribution in [1.29, 1.82) is 0 Å². The lowest BCUT2D eigenvalue weighted by atomic mass is 9.99. The van der Waals surface area contributed by atoms with E-state index >= 15 is 0 Å². The molecule has 6 atom stereocenters. The highest BCUT2D eigenvalue weighted by atomic mass is 32.2. The first-order valence-electron chi connectivity index (χ1n) is 5.74. The Kier molecular flexibility index (Phi) is 4.43. The number of aliphatic hydroxyl groups excluding tert-OH is 3. The van der Waals surface area contributed by atoms with Gasteiger partial charge in [0.25, 0.3) is 0 Å². The van der Waals surface area contributed by atoms with Crippen molar-refractivity contribution >= 4 is 22.8 Å². The summed E-state index contributed by atoms with van der Waals surface area (Å²) in [4.78, 5) is 23.4. The Bertz CT molecular complexity index is 379. The Hall–Kier alpha value is -0.710. The summed E-state index contributed by atoms with van der Waals surface area (Å²) < 4.78 is 9.88. The van der Waals surface area contributed by atoms with E-state index < -0.39 is 47.8 Å². The second-order valence-electron chi connectivity index (χ2n) is 4.40. The Labute approximate surface area is 112 Å². The molecule has 0 spiro atoms. The lowest BCUT2D eigenvalue weighted by Gasteiger charge is -2.39. The zero-order chi connectivity index (χ0) is 14.2. The van der Waals surface area contributed by atoms with E-state index in [1.807, 2.05) is 0 Å². The van der Waals surface area contributed by atoms with Gasteiger partial charge in [-0.25, -0.2) is 0 Å². The molecule has 5 N–H and O–H groups in total. The van der Waals surface area contributed by atoms with Crippen LogP contribution in [0.2, 0.25) is 0 Å². The van der Waals surface area contributed by atoms with E-state index in [-0.39, 0.29) is 12.2 Å². The number of rotatable bonds is 0. The quantitative estimate of drug-likeness (QED) is 0.352. The monoisotopic (exact) mass is 293 g/mol.